The molecule has 2 aromatic heterocycles. The lowest BCUT2D eigenvalue weighted by molar-refractivity contribution is 0.0635. The van der Waals surface area contributed by atoms with Crippen molar-refractivity contribution in [2.75, 3.05) is 19.7 Å². The molecular weight excluding hydrogens is 326 g/mol. The minimum Gasteiger partial charge on any atom is -0.491 e. The Morgan fingerprint density at radius 2 is 2.08 bits per heavy atom. The van der Waals surface area contributed by atoms with Gasteiger partial charge in [-0.2, -0.15) is 0 Å². The molecule has 0 radical (unpaired) electrons. The molecule has 1 aromatic carbocycles. The number of aliphatic hydroxyl groups is 1. The molecule has 1 N–H and O–H groups in total. The van der Waals surface area contributed by atoms with E-state index in [0.29, 0.717) is 13.2 Å². The van der Waals surface area contributed by atoms with Crippen molar-refractivity contribution in [2.45, 2.75) is 26.0 Å². The average molecular weight is 349 g/mol. The summed E-state index contributed by atoms with van der Waals surface area (Å²) in [6.45, 7) is 4.62. The van der Waals surface area contributed by atoms with E-state index in [2.05, 4.69) is 22.0 Å². The molecule has 0 bridgehead atoms. The summed E-state index contributed by atoms with van der Waals surface area (Å²) >= 11 is 0. The van der Waals surface area contributed by atoms with Gasteiger partial charge in [0, 0.05) is 43.3 Å². The Balaban J connectivity index is 1.39. The van der Waals surface area contributed by atoms with Gasteiger partial charge in [-0.25, -0.2) is 9.97 Å². The normalized spacial score (nSPS) is 15.6. The fourth-order valence-corrected chi connectivity index (χ4v) is 3.41. The summed E-state index contributed by atoms with van der Waals surface area (Å²) in [6.07, 6.45) is 2.22. The van der Waals surface area contributed by atoms with Gasteiger partial charge in [0.15, 0.2) is 5.65 Å². The number of hydrogen-bond acceptors (Lipinski definition) is 5. The van der Waals surface area contributed by atoms with Gasteiger partial charge in [0.1, 0.15) is 18.5 Å². The number of rotatable bonds is 5. The van der Waals surface area contributed by atoms with Crippen LogP contribution in [0, 0.1) is 6.92 Å². The van der Waals surface area contributed by atoms with E-state index >= 15 is 0 Å². The fraction of sp³-hybridized carbons (Fsp3) is 0.333. The third-order valence-electron chi connectivity index (χ3n) is 4.69. The summed E-state index contributed by atoms with van der Waals surface area (Å²) in [7, 11) is 0. The van der Waals surface area contributed by atoms with Crippen molar-refractivity contribution in [3.8, 4) is 5.75 Å². The molecule has 0 spiro atoms. The predicted octanol–water partition coefficient (Wildman–Crippen LogP) is 2.74. The van der Waals surface area contributed by atoms with Crippen LogP contribution in [0.25, 0.3) is 11.0 Å². The molecule has 4 rings (SSSR count). The van der Waals surface area contributed by atoms with Crippen molar-refractivity contribution in [2.24, 2.45) is 0 Å². The lowest BCUT2D eigenvalue weighted by Crippen LogP contribution is -2.39. The first-order chi connectivity index (χ1) is 12.7. The molecular formula is C21H23N3O2. The highest BCUT2D eigenvalue weighted by Crippen LogP contribution is 2.22. The van der Waals surface area contributed by atoms with Crippen molar-refractivity contribution in [3.05, 3.63) is 65.5 Å². The first kappa shape index (κ1) is 16.9. The number of aryl methyl sites for hydroxylation is 1. The number of hydrogen-bond donors (Lipinski definition) is 1. The molecule has 0 aliphatic carbocycles. The second-order valence-electron chi connectivity index (χ2n) is 6.92. The van der Waals surface area contributed by atoms with Crippen LogP contribution in [0.15, 0.2) is 48.7 Å². The van der Waals surface area contributed by atoms with Gasteiger partial charge in [-0.05, 0) is 42.3 Å². The van der Waals surface area contributed by atoms with Gasteiger partial charge in [-0.15, -0.1) is 0 Å². The van der Waals surface area contributed by atoms with Gasteiger partial charge in [0.05, 0.1) is 0 Å². The Hall–Kier alpha value is -2.50. The molecule has 3 aromatic rings. The summed E-state index contributed by atoms with van der Waals surface area (Å²) in [5.41, 5.74) is 4.31. The lowest BCUT2D eigenvalue weighted by atomic mass is 10.0. The molecule has 5 heteroatoms. The highest BCUT2D eigenvalue weighted by molar-refractivity contribution is 5.76. The van der Waals surface area contributed by atoms with Gasteiger partial charge >= 0.3 is 0 Å². The zero-order chi connectivity index (χ0) is 17.9. The standard InChI is InChI=1S/C21H23N3O2/c1-15-9-16-10-17-12-24(8-7-20(17)23-21(16)22-11-15)13-18(25)14-26-19-5-3-2-4-6-19/h2-6,9-11,18,25H,7-8,12-14H2,1H3. The maximum Gasteiger partial charge on any atom is 0.159 e. The quantitative estimate of drug-likeness (QED) is 0.767. The topological polar surface area (TPSA) is 58.5 Å². The van der Waals surface area contributed by atoms with Crippen LogP contribution in [0.3, 0.4) is 0 Å². The summed E-state index contributed by atoms with van der Waals surface area (Å²) in [5, 5.41) is 11.4. The molecule has 134 valence electrons. The van der Waals surface area contributed by atoms with Crippen molar-refractivity contribution in [3.63, 3.8) is 0 Å². The largest absolute Gasteiger partial charge is 0.491 e. The van der Waals surface area contributed by atoms with Crippen molar-refractivity contribution >= 4 is 11.0 Å². The summed E-state index contributed by atoms with van der Waals surface area (Å²) in [4.78, 5) is 11.4. The van der Waals surface area contributed by atoms with Crippen LogP contribution in [0.1, 0.15) is 16.8 Å². The van der Waals surface area contributed by atoms with Crippen LogP contribution in [0.2, 0.25) is 0 Å². The van der Waals surface area contributed by atoms with Gasteiger partial charge in [0.2, 0.25) is 0 Å². The highest BCUT2D eigenvalue weighted by Gasteiger charge is 2.21. The smallest absolute Gasteiger partial charge is 0.159 e. The number of aliphatic hydroxyl groups excluding tert-OH is 1. The second kappa shape index (κ2) is 7.40. The number of fused-ring (bicyclic) bond motifs is 2. The maximum atomic E-state index is 10.3. The van der Waals surface area contributed by atoms with E-state index in [1.165, 1.54) is 5.56 Å². The summed E-state index contributed by atoms with van der Waals surface area (Å²) in [5.74, 6) is 0.786. The Kier molecular flexibility index (Phi) is 4.82. The molecule has 0 saturated carbocycles. The van der Waals surface area contributed by atoms with E-state index < -0.39 is 6.10 Å². The Morgan fingerprint density at radius 1 is 1.23 bits per heavy atom. The first-order valence-electron chi connectivity index (χ1n) is 9.01. The third kappa shape index (κ3) is 3.84. The Morgan fingerprint density at radius 3 is 2.92 bits per heavy atom. The maximum absolute atomic E-state index is 10.3. The number of aromatic nitrogens is 2. The predicted molar refractivity (Wildman–Crippen MR) is 101 cm³/mol. The van der Waals surface area contributed by atoms with Gasteiger partial charge in [-0.1, -0.05) is 18.2 Å². The van der Waals surface area contributed by atoms with Crippen LogP contribution in [0.4, 0.5) is 0 Å². The van der Waals surface area contributed by atoms with E-state index in [0.717, 1.165) is 47.6 Å². The Bertz CT molecular complexity index is 898. The average Bonchev–Trinajstić information content (AvgIpc) is 2.65. The number of pyridine rings is 2. The first-order valence-corrected chi connectivity index (χ1v) is 9.01. The van der Waals surface area contributed by atoms with Gasteiger partial charge in [-0.3, -0.25) is 4.90 Å². The van der Waals surface area contributed by atoms with Crippen molar-refractivity contribution < 1.29 is 9.84 Å². The van der Waals surface area contributed by atoms with Crippen LogP contribution < -0.4 is 4.74 Å². The molecule has 1 aliphatic heterocycles. The number of β-amino-alcohol motifs (C(OH)–C–C–N with tert-alkyl or cyclic N) is 1. The van der Waals surface area contributed by atoms with Gasteiger partial charge in [0.25, 0.3) is 0 Å². The minimum atomic E-state index is -0.519. The van der Waals surface area contributed by atoms with E-state index in [1.807, 2.05) is 43.5 Å². The molecule has 1 unspecified atom stereocenters. The van der Waals surface area contributed by atoms with Crippen LogP contribution >= 0.6 is 0 Å². The minimum absolute atomic E-state index is 0.298. The third-order valence-corrected chi connectivity index (χ3v) is 4.69. The number of para-hydroxylation sites is 1. The molecule has 26 heavy (non-hydrogen) atoms. The van der Waals surface area contributed by atoms with Crippen LogP contribution in [-0.2, 0) is 13.0 Å². The zero-order valence-corrected chi connectivity index (χ0v) is 14.9. The SMILES string of the molecule is Cc1cnc2nc3c(cc2c1)CN(CC(O)COc1ccccc1)CC3. The molecule has 0 amide bonds. The van der Waals surface area contributed by atoms with E-state index in [-0.39, 0.29) is 0 Å². The number of nitrogens with zero attached hydrogens (tertiary/aromatic N) is 3. The molecule has 0 fully saturated rings. The summed E-state index contributed by atoms with van der Waals surface area (Å²) in [6, 6.07) is 13.9. The van der Waals surface area contributed by atoms with Gasteiger partial charge < -0.3 is 9.84 Å². The van der Waals surface area contributed by atoms with E-state index in [4.69, 9.17) is 9.72 Å². The van der Waals surface area contributed by atoms with Crippen LogP contribution in [-0.4, -0.2) is 45.8 Å². The second-order valence-corrected chi connectivity index (χ2v) is 6.92. The Labute approximate surface area is 153 Å². The zero-order valence-electron chi connectivity index (χ0n) is 14.9. The highest BCUT2D eigenvalue weighted by atomic mass is 16.5. The van der Waals surface area contributed by atoms with E-state index in [1.54, 1.807) is 0 Å². The van der Waals surface area contributed by atoms with Crippen molar-refractivity contribution in [1.82, 2.24) is 14.9 Å². The number of benzene rings is 1. The van der Waals surface area contributed by atoms with Crippen LogP contribution in [0.5, 0.6) is 5.75 Å². The molecule has 5 nitrogen and oxygen atoms in total. The monoisotopic (exact) mass is 349 g/mol. The molecule has 0 saturated heterocycles. The fourth-order valence-electron chi connectivity index (χ4n) is 3.41. The lowest BCUT2D eigenvalue weighted by Gasteiger charge is -2.30. The number of ether oxygens (including phenoxy) is 1. The molecule has 1 aliphatic rings. The van der Waals surface area contributed by atoms with E-state index in [9.17, 15) is 5.11 Å². The molecule has 3 heterocycles. The van der Waals surface area contributed by atoms with Crippen molar-refractivity contribution in [1.29, 1.82) is 0 Å². The molecule has 1 atom stereocenters. The summed E-state index contributed by atoms with van der Waals surface area (Å²) < 4.78 is 5.65.